The third kappa shape index (κ3) is 7.24. The first-order valence-electron chi connectivity index (χ1n) is 10.2. The topological polar surface area (TPSA) is 101 Å². The Morgan fingerprint density at radius 1 is 1.06 bits per heavy atom. The van der Waals surface area contributed by atoms with Gasteiger partial charge in [-0.05, 0) is 57.0 Å². The van der Waals surface area contributed by atoms with Crippen molar-refractivity contribution in [2.24, 2.45) is 4.99 Å². The molecule has 2 aromatic carbocycles. The van der Waals surface area contributed by atoms with E-state index in [0.717, 1.165) is 17.1 Å². The van der Waals surface area contributed by atoms with Crippen LogP contribution in [-0.4, -0.2) is 33.3 Å². The minimum absolute atomic E-state index is 0. The Morgan fingerprint density at radius 2 is 1.78 bits per heavy atom. The zero-order valence-corrected chi connectivity index (χ0v) is 21.9. The molecule has 0 aliphatic carbocycles. The number of aliphatic imine (C=N–C) groups is 1. The van der Waals surface area contributed by atoms with Crippen molar-refractivity contribution in [3.63, 3.8) is 0 Å². The lowest BCUT2D eigenvalue weighted by Gasteiger charge is -2.22. The zero-order chi connectivity index (χ0) is 22.5. The Balaban J connectivity index is 0.00000363. The molecule has 0 atom stereocenters. The molecule has 0 aromatic heterocycles. The summed E-state index contributed by atoms with van der Waals surface area (Å²) in [5.74, 6) is 2.05. The summed E-state index contributed by atoms with van der Waals surface area (Å²) < 4.78 is 39.1. The van der Waals surface area contributed by atoms with Gasteiger partial charge in [-0.15, -0.1) is 24.0 Å². The van der Waals surface area contributed by atoms with Crippen LogP contribution in [0, 0.1) is 0 Å². The van der Waals surface area contributed by atoms with Crippen LogP contribution >= 0.6 is 24.0 Å². The summed E-state index contributed by atoms with van der Waals surface area (Å²) in [5, 5.41) is 6.42. The van der Waals surface area contributed by atoms with Crippen LogP contribution in [0.25, 0.3) is 0 Å². The number of ether oxygens (including phenoxy) is 2. The van der Waals surface area contributed by atoms with Crippen molar-refractivity contribution in [2.75, 3.05) is 13.3 Å². The van der Waals surface area contributed by atoms with Gasteiger partial charge in [0.15, 0.2) is 17.5 Å². The number of rotatable bonds is 7. The van der Waals surface area contributed by atoms with E-state index in [2.05, 4.69) is 20.3 Å². The maximum Gasteiger partial charge on any atom is 0.241 e. The second kappa shape index (κ2) is 11.2. The number of halogens is 1. The molecule has 10 heteroatoms. The van der Waals surface area contributed by atoms with Gasteiger partial charge in [-0.1, -0.05) is 24.3 Å². The van der Waals surface area contributed by atoms with Crippen molar-refractivity contribution in [1.82, 2.24) is 15.4 Å². The first-order chi connectivity index (χ1) is 14.7. The van der Waals surface area contributed by atoms with Crippen molar-refractivity contribution in [1.29, 1.82) is 0 Å². The fraction of sp³-hybridized carbons (Fsp3) is 0.409. The molecule has 1 heterocycles. The van der Waals surface area contributed by atoms with E-state index < -0.39 is 15.6 Å². The van der Waals surface area contributed by atoms with E-state index >= 15 is 0 Å². The van der Waals surface area contributed by atoms with Gasteiger partial charge in [-0.3, -0.25) is 0 Å². The van der Waals surface area contributed by atoms with E-state index in [0.29, 0.717) is 31.2 Å². The molecule has 0 spiro atoms. The number of nitrogens with one attached hydrogen (secondary N) is 3. The highest BCUT2D eigenvalue weighted by Gasteiger charge is 2.24. The van der Waals surface area contributed by atoms with Crippen LogP contribution in [0.3, 0.4) is 0 Å². The Bertz CT molecular complexity index is 1050. The van der Waals surface area contributed by atoms with Crippen LogP contribution < -0.4 is 24.8 Å². The fourth-order valence-electron chi connectivity index (χ4n) is 3.10. The molecule has 0 bridgehead atoms. The summed E-state index contributed by atoms with van der Waals surface area (Å²) >= 11 is 0. The first kappa shape index (κ1) is 26.2. The number of guanidine groups is 1. The first-order valence-corrected chi connectivity index (χ1v) is 11.7. The van der Waals surface area contributed by atoms with E-state index in [1.54, 1.807) is 18.2 Å². The largest absolute Gasteiger partial charge is 0.454 e. The second-order valence-corrected chi connectivity index (χ2v) is 9.85. The maximum atomic E-state index is 12.8. The molecule has 0 saturated carbocycles. The van der Waals surface area contributed by atoms with Crippen molar-refractivity contribution in [3.05, 3.63) is 53.6 Å². The fourth-order valence-corrected chi connectivity index (χ4v) is 4.76. The average Bonchev–Trinajstić information content (AvgIpc) is 3.16. The van der Waals surface area contributed by atoms with Crippen LogP contribution in [0.15, 0.2) is 52.4 Å². The Kier molecular flexibility index (Phi) is 9.17. The lowest BCUT2D eigenvalue weighted by molar-refractivity contribution is 0.174. The molecule has 0 saturated heterocycles. The quantitative estimate of drug-likeness (QED) is 0.267. The molecule has 32 heavy (non-hydrogen) atoms. The molecule has 176 valence electrons. The third-order valence-corrected chi connectivity index (χ3v) is 6.21. The number of hydrogen-bond donors (Lipinski definition) is 3. The summed E-state index contributed by atoms with van der Waals surface area (Å²) in [6, 6.07) is 12.7. The molecule has 3 rings (SSSR count). The van der Waals surface area contributed by atoms with Gasteiger partial charge in [0.1, 0.15) is 0 Å². The van der Waals surface area contributed by atoms with Gasteiger partial charge in [0.2, 0.25) is 16.8 Å². The number of fused-ring (bicyclic) bond motifs is 1. The van der Waals surface area contributed by atoms with Crippen LogP contribution in [0.5, 0.6) is 11.5 Å². The van der Waals surface area contributed by atoms with Gasteiger partial charge in [-0.25, -0.2) is 18.1 Å². The maximum absolute atomic E-state index is 12.8. The molecule has 1 aliphatic rings. The molecule has 0 amide bonds. The van der Waals surface area contributed by atoms with Crippen molar-refractivity contribution < 1.29 is 17.9 Å². The molecule has 0 radical (unpaired) electrons. The van der Waals surface area contributed by atoms with Gasteiger partial charge in [0, 0.05) is 18.6 Å². The lowest BCUT2D eigenvalue weighted by Crippen LogP contribution is -2.41. The SMILES string of the molecule is CCNC(=NCc1ccc2c(c1)OCO2)NCc1ccccc1S(=O)(=O)NC(C)(C)C.I. The van der Waals surface area contributed by atoms with Crippen LogP contribution in [0.4, 0.5) is 0 Å². The second-order valence-electron chi connectivity index (χ2n) is 8.20. The van der Waals surface area contributed by atoms with E-state index in [1.165, 1.54) is 0 Å². The normalized spacial score (nSPS) is 13.4. The summed E-state index contributed by atoms with van der Waals surface area (Å²) in [7, 11) is -3.65. The monoisotopic (exact) mass is 574 g/mol. The van der Waals surface area contributed by atoms with Gasteiger partial charge >= 0.3 is 0 Å². The Labute approximate surface area is 207 Å². The number of hydrogen-bond acceptors (Lipinski definition) is 5. The summed E-state index contributed by atoms with van der Waals surface area (Å²) in [5.41, 5.74) is 1.08. The van der Waals surface area contributed by atoms with Gasteiger partial charge in [0.05, 0.1) is 11.4 Å². The molecule has 0 fully saturated rings. The summed E-state index contributed by atoms with van der Waals surface area (Å²) in [4.78, 5) is 4.86. The zero-order valence-electron chi connectivity index (χ0n) is 18.8. The minimum atomic E-state index is -3.65. The number of sulfonamides is 1. The molecule has 1 aliphatic heterocycles. The standard InChI is InChI=1S/C22H30N4O4S.HI/c1-5-23-21(24-13-16-10-11-18-19(12-16)30-15-29-18)25-14-17-8-6-7-9-20(17)31(27,28)26-22(2,3)4;/h6-12,26H,5,13-15H2,1-4H3,(H2,23,24,25);1H. The van der Waals surface area contributed by atoms with Gasteiger partial charge in [0.25, 0.3) is 0 Å². The van der Waals surface area contributed by atoms with Crippen molar-refractivity contribution in [2.45, 2.75) is 51.2 Å². The molecule has 2 aromatic rings. The highest BCUT2D eigenvalue weighted by atomic mass is 127. The molecule has 3 N–H and O–H groups in total. The minimum Gasteiger partial charge on any atom is -0.454 e. The molecular formula is C22H31IN4O4S. The highest BCUT2D eigenvalue weighted by molar-refractivity contribution is 14.0. The van der Waals surface area contributed by atoms with Gasteiger partial charge < -0.3 is 20.1 Å². The Hall–Kier alpha value is -2.05. The molecular weight excluding hydrogens is 543 g/mol. The van der Waals surface area contributed by atoms with Gasteiger partial charge in [-0.2, -0.15) is 0 Å². The number of benzene rings is 2. The number of nitrogens with zero attached hydrogens (tertiary/aromatic N) is 1. The van der Waals surface area contributed by atoms with Crippen molar-refractivity contribution in [3.8, 4) is 11.5 Å². The predicted molar refractivity (Wildman–Crippen MR) is 136 cm³/mol. The van der Waals surface area contributed by atoms with Crippen LogP contribution in [-0.2, 0) is 23.1 Å². The van der Waals surface area contributed by atoms with E-state index in [-0.39, 0.29) is 35.7 Å². The Morgan fingerprint density at radius 3 is 2.50 bits per heavy atom. The van der Waals surface area contributed by atoms with Crippen LogP contribution in [0.2, 0.25) is 0 Å². The predicted octanol–water partition coefficient (Wildman–Crippen LogP) is 3.37. The van der Waals surface area contributed by atoms with E-state index in [4.69, 9.17) is 9.47 Å². The lowest BCUT2D eigenvalue weighted by atomic mass is 10.1. The highest BCUT2D eigenvalue weighted by Crippen LogP contribution is 2.32. The van der Waals surface area contributed by atoms with Crippen molar-refractivity contribution >= 4 is 40.0 Å². The molecule has 0 unspecified atom stereocenters. The van der Waals surface area contributed by atoms with Crippen LogP contribution in [0.1, 0.15) is 38.8 Å². The van der Waals surface area contributed by atoms with E-state index in [1.807, 2.05) is 52.0 Å². The summed E-state index contributed by atoms with van der Waals surface area (Å²) in [6.07, 6.45) is 0. The average molecular weight is 574 g/mol. The summed E-state index contributed by atoms with van der Waals surface area (Å²) in [6.45, 7) is 9.10. The smallest absolute Gasteiger partial charge is 0.241 e. The third-order valence-electron chi connectivity index (χ3n) is 4.35. The molecule has 8 nitrogen and oxygen atoms in total. The van der Waals surface area contributed by atoms with E-state index in [9.17, 15) is 8.42 Å².